The molecule has 1 aromatic heterocycles. The first-order valence-electron chi connectivity index (χ1n) is 6.80. The number of carbonyl (C=O) groups is 1. The first kappa shape index (κ1) is 16.7. The van der Waals surface area contributed by atoms with Crippen LogP contribution in [0.25, 0.3) is 0 Å². The van der Waals surface area contributed by atoms with E-state index >= 15 is 0 Å². The fourth-order valence-electron chi connectivity index (χ4n) is 2.19. The summed E-state index contributed by atoms with van der Waals surface area (Å²) in [5.41, 5.74) is 5.92. The number of carbonyl (C=O) groups excluding carboxylic acids is 1. The third-order valence-electron chi connectivity index (χ3n) is 3.57. The Morgan fingerprint density at radius 1 is 1.25 bits per heavy atom. The molecule has 0 aliphatic carbocycles. The van der Waals surface area contributed by atoms with E-state index in [1.54, 1.807) is 6.20 Å². The van der Waals surface area contributed by atoms with Crippen LogP contribution in [0, 0.1) is 5.92 Å². The van der Waals surface area contributed by atoms with Gasteiger partial charge in [0.15, 0.2) is 0 Å². The number of piperazine rings is 1. The van der Waals surface area contributed by atoms with Crippen molar-refractivity contribution in [1.82, 2.24) is 9.88 Å². The van der Waals surface area contributed by atoms with Gasteiger partial charge in [0.25, 0.3) is 0 Å². The van der Waals surface area contributed by atoms with E-state index < -0.39 is 0 Å². The van der Waals surface area contributed by atoms with E-state index in [0.29, 0.717) is 0 Å². The summed E-state index contributed by atoms with van der Waals surface area (Å²) in [5.74, 6) is 1.22. The summed E-state index contributed by atoms with van der Waals surface area (Å²) < 4.78 is 0. The van der Waals surface area contributed by atoms with Crippen molar-refractivity contribution in [3.63, 3.8) is 0 Å². The number of rotatable bonds is 3. The monoisotopic (exact) mass is 298 g/mol. The zero-order valence-electron chi connectivity index (χ0n) is 12.0. The van der Waals surface area contributed by atoms with Crippen LogP contribution in [-0.4, -0.2) is 48.0 Å². The van der Waals surface area contributed by atoms with Crippen LogP contribution in [0.4, 0.5) is 5.82 Å². The number of hydrogen-bond donors (Lipinski definition) is 1. The van der Waals surface area contributed by atoms with Gasteiger partial charge in [-0.25, -0.2) is 4.98 Å². The number of amides is 1. The first-order valence-corrected chi connectivity index (χ1v) is 6.80. The van der Waals surface area contributed by atoms with Crippen LogP contribution in [0.1, 0.15) is 13.8 Å². The van der Waals surface area contributed by atoms with Crippen LogP contribution in [0.5, 0.6) is 0 Å². The van der Waals surface area contributed by atoms with E-state index in [-0.39, 0.29) is 30.3 Å². The molecule has 6 heteroatoms. The van der Waals surface area contributed by atoms with Crippen molar-refractivity contribution in [3.05, 3.63) is 24.4 Å². The van der Waals surface area contributed by atoms with Crippen molar-refractivity contribution < 1.29 is 4.79 Å². The Kier molecular flexibility index (Phi) is 6.23. The van der Waals surface area contributed by atoms with Crippen LogP contribution < -0.4 is 10.6 Å². The molecular formula is C14H23ClN4O. The van der Waals surface area contributed by atoms with E-state index in [4.69, 9.17) is 5.73 Å². The fraction of sp³-hybridized carbons (Fsp3) is 0.571. The highest BCUT2D eigenvalue weighted by molar-refractivity contribution is 5.85. The summed E-state index contributed by atoms with van der Waals surface area (Å²) in [5, 5.41) is 0. The molecule has 0 spiro atoms. The van der Waals surface area contributed by atoms with Crippen molar-refractivity contribution in [3.8, 4) is 0 Å². The molecule has 1 aromatic rings. The van der Waals surface area contributed by atoms with Crippen LogP contribution in [0.3, 0.4) is 0 Å². The fourth-order valence-corrected chi connectivity index (χ4v) is 2.19. The highest BCUT2D eigenvalue weighted by Gasteiger charge is 2.27. The quantitative estimate of drug-likeness (QED) is 0.909. The molecule has 112 valence electrons. The molecule has 0 aromatic carbocycles. The van der Waals surface area contributed by atoms with Crippen molar-refractivity contribution in [2.75, 3.05) is 31.1 Å². The molecule has 1 fully saturated rings. The summed E-state index contributed by atoms with van der Waals surface area (Å²) in [6.45, 7) is 7.02. The van der Waals surface area contributed by atoms with Crippen molar-refractivity contribution >= 4 is 24.1 Å². The van der Waals surface area contributed by atoms with Gasteiger partial charge in [0, 0.05) is 32.4 Å². The number of aromatic nitrogens is 1. The van der Waals surface area contributed by atoms with Gasteiger partial charge in [0.1, 0.15) is 5.82 Å². The summed E-state index contributed by atoms with van der Waals surface area (Å²) in [6, 6.07) is 5.50. The van der Waals surface area contributed by atoms with Gasteiger partial charge in [0.2, 0.25) is 5.91 Å². The molecule has 0 radical (unpaired) electrons. The molecule has 5 nitrogen and oxygen atoms in total. The maximum atomic E-state index is 12.1. The zero-order chi connectivity index (χ0) is 13.8. The van der Waals surface area contributed by atoms with E-state index in [0.717, 1.165) is 32.0 Å². The third-order valence-corrected chi connectivity index (χ3v) is 3.57. The molecule has 1 aliphatic heterocycles. The number of halogens is 1. The molecule has 1 atom stereocenters. The Labute approximate surface area is 126 Å². The van der Waals surface area contributed by atoms with E-state index in [1.807, 2.05) is 36.9 Å². The maximum Gasteiger partial charge on any atom is 0.239 e. The molecule has 2 rings (SSSR count). The Hall–Kier alpha value is -1.33. The zero-order valence-corrected chi connectivity index (χ0v) is 12.8. The smallest absolute Gasteiger partial charge is 0.239 e. The first-order chi connectivity index (χ1) is 9.09. The molecule has 1 saturated heterocycles. The molecule has 0 unspecified atom stereocenters. The van der Waals surface area contributed by atoms with Gasteiger partial charge in [-0.1, -0.05) is 19.9 Å². The average Bonchev–Trinajstić information content (AvgIpc) is 2.46. The van der Waals surface area contributed by atoms with Crippen molar-refractivity contribution in [2.24, 2.45) is 11.7 Å². The highest BCUT2D eigenvalue weighted by atomic mass is 35.5. The lowest BCUT2D eigenvalue weighted by Crippen LogP contribution is -2.54. The van der Waals surface area contributed by atoms with E-state index in [2.05, 4.69) is 9.88 Å². The number of hydrogen-bond acceptors (Lipinski definition) is 4. The maximum absolute atomic E-state index is 12.1. The second-order valence-electron chi connectivity index (χ2n) is 5.27. The lowest BCUT2D eigenvalue weighted by atomic mass is 10.0. The number of anilines is 1. The van der Waals surface area contributed by atoms with Crippen molar-refractivity contribution in [2.45, 2.75) is 19.9 Å². The molecule has 1 aliphatic rings. The minimum Gasteiger partial charge on any atom is -0.353 e. The van der Waals surface area contributed by atoms with Gasteiger partial charge in [0.05, 0.1) is 6.04 Å². The second-order valence-corrected chi connectivity index (χ2v) is 5.27. The number of nitrogens with two attached hydrogens (primary N) is 1. The Balaban J connectivity index is 0.00000200. The average molecular weight is 299 g/mol. The summed E-state index contributed by atoms with van der Waals surface area (Å²) in [6.07, 6.45) is 1.79. The third kappa shape index (κ3) is 3.84. The van der Waals surface area contributed by atoms with Gasteiger partial charge in [-0.2, -0.15) is 0 Å². The van der Waals surface area contributed by atoms with E-state index in [1.165, 1.54) is 0 Å². The minimum atomic E-state index is -0.388. The summed E-state index contributed by atoms with van der Waals surface area (Å²) in [4.78, 5) is 20.5. The molecule has 0 saturated carbocycles. The van der Waals surface area contributed by atoms with Crippen LogP contribution in [-0.2, 0) is 4.79 Å². The van der Waals surface area contributed by atoms with E-state index in [9.17, 15) is 4.79 Å². The molecule has 0 bridgehead atoms. The van der Waals surface area contributed by atoms with Crippen LogP contribution in [0.15, 0.2) is 24.4 Å². The molecular weight excluding hydrogens is 276 g/mol. The predicted octanol–water partition coefficient (Wildman–Crippen LogP) is 1.14. The molecule has 2 N–H and O–H groups in total. The summed E-state index contributed by atoms with van der Waals surface area (Å²) in [7, 11) is 0. The molecule has 1 amide bonds. The normalized spacial score (nSPS) is 16.8. The topological polar surface area (TPSA) is 62.5 Å². The molecule has 20 heavy (non-hydrogen) atoms. The second kappa shape index (κ2) is 7.45. The minimum absolute atomic E-state index is 0. The van der Waals surface area contributed by atoms with Crippen LogP contribution >= 0.6 is 12.4 Å². The lowest BCUT2D eigenvalue weighted by molar-refractivity contribution is -0.133. The van der Waals surface area contributed by atoms with Crippen LogP contribution in [0.2, 0.25) is 0 Å². The predicted molar refractivity (Wildman–Crippen MR) is 83.1 cm³/mol. The highest BCUT2D eigenvalue weighted by Crippen LogP contribution is 2.13. The van der Waals surface area contributed by atoms with Gasteiger partial charge >= 0.3 is 0 Å². The molecule has 2 heterocycles. The standard InChI is InChI=1S/C14H22N4O.ClH/c1-11(2)13(15)14(19)18-9-7-17(8-10-18)12-5-3-4-6-16-12;/h3-6,11,13H,7-10,15H2,1-2H3;1H/t13-;/m0./s1. The SMILES string of the molecule is CC(C)[C@H](N)C(=O)N1CCN(c2ccccn2)CC1.Cl. The van der Waals surface area contributed by atoms with Gasteiger partial charge < -0.3 is 15.5 Å². The Morgan fingerprint density at radius 2 is 1.90 bits per heavy atom. The lowest BCUT2D eigenvalue weighted by Gasteiger charge is -2.37. The van der Waals surface area contributed by atoms with Gasteiger partial charge in [-0.15, -0.1) is 12.4 Å². The van der Waals surface area contributed by atoms with Crippen molar-refractivity contribution in [1.29, 1.82) is 0 Å². The Bertz CT molecular complexity index is 418. The van der Waals surface area contributed by atoms with Gasteiger partial charge in [-0.3, -0.25) is 4.79 Å². The summed E-state index contributed by atoms with van der Waals surface area (Å²) >= 11 is 0. The van der Waals surface area contributed by atoms with Gasteiger partial charge in [-0.05, 0) is 18.1 Å². The number of pyridine rings is 1. The largest absolute Gasteiger partial charge is 0.353 e. The number of nitrogens with zero attached hydrogens (tertiary/aromatic N) is 3. The Morgan fingerprint density at radius 3 is 2.40 bits per heavy atom.